The summed E-state index contributed by atoms with van der Waals surface area (Å²) in [6.45, 7) is 0. The van der Waals surface area contributed by atoms with Gasteiger partial charge in [0.2, 0.25) is 0 Å². The van der Waals surface area contributed by atoms with E-state index < -0.39 is 6.04 Å². The third kappa shape index (κ3) is 4.83. The second-order valence-corrected chi connectivity index (χ2v) is 8.90. The van der Waals surface area contributed by atoms with Crippen molar-refractivity contribution >= 4 is 23.4 Å². The first-order chi connectivity index (χ1) is 17.0. The molecular formula is C25H20F2N6OS. The summed E-state index contributed by atoms with van der Waals surface area (Å²) in [5.41, 5.74) is 3.04. The lowest BCUT2D eigenvalue weighted by Crippen LogP contribution is -2.28. The van der Waals surface area contributed by atoms with E-state index in [9.17, 15) is 13.6 Å². The van der Waals surface area contributed by atoms with Gasteiger partial charge in [-0.25, -0.2) is 13.8 Å². The van der Waals surface area contributed by atoms with Gasteiger partial charge in [0.05, 0.1) is 17.5 Å². The zero-order valence-electron chi connectivity index (χ0n) is 18.7. The number of rotatable bonds is 6. The number of aromatic nitrogens is 4. The van der Waals surface area contributed by atoms with Crippen LogP contribution in [0.3, 0.4) is 0 Å². The Labute approximate surface area is 204 Å². The van der Waals surface area contributed by atoms with Gasteiger partial charge >= 0.3 is 0 Å². The number of carbonyl (C=O) groups excluding carboxylic acids is 1. The predicted molar refractivity (Wildman–Crippen MR) is 128 cm³/mol. The van der Waals surface area contributed by atoms with Crippen molar-refractivity contribution in [2.24, 2.45) is 12.1 Å². The van der Waals surface area contributed by atoms with Gasteiger partial charge in [-0.15, -0.1) is 10.2 Å². The summed E-state index contributed by atoms with van der Waals surface area (Å²) in [5.74, 6) is -0.173. The minimum atomic E-state index is -0.393. The van der Waals surface area contributed by atoms with Gasteiger partial charge < -0.3 is 4.57 Å². The highest BCUT2D eigenvalue weighted by Gasteiger charge is 2.33. The van der Waals surface area contributed by atoms with Gasteiger partial charge in [0.1, 0.15) is 11.6 Å². The number of carbonyl (C=O) groups is 1. The Hall–Kier alpha value is -3.92. The van der Waals surface area contributed by atoms with Crippen LogP contribution in [0.2, 0.25) is 0 Å². The molecule has 1 atom stereocenters. The molecule has 0 N–H and O–H groups in total. The minimum Gasteiger partial charge on any atom is -0.305 e. The fraction of sp³-hybridized carbons (Fsp3) is 0.160. The number of thioether (sulfide) groups is 1. The summed E-state index contributed by atoms with van der Waals surface area (Å²) in [6, 6.07) is 15.3. The molecule has 2 aromatic heterocycles. The van der Waals surface area contributed by atoms with E-state index in [1.807, 2.05) is 23.7 Å². The highest BCUT2D eigenvalue weighted by atomic mass is 32.2. The Kier molecular flexibility index (Phi) is 6.37. The molecule has 0 saturated heterocycles. The van der Waals surface area contributed by atoms with Crippen LogP contribution in [-0.4, -0.2) is 42.1 Å². The lowest BCUT2D eigenvalue weighted by atomic mass is 9.98. The monoisotopic (exact) mass is 490 g/mol. The lowest BCUT2D eigenvalue weighted by molar-refractivity contribution is -0.130. The molecule has 5 rings (SSSR count). The molecule has 0 unspecified atom stereocenters. The summed E-state index contributed by atoms with van der Waals surface area (Å²) in [7, 11) is 1.84. The van der Waals surface area contributed by atoms with E-state index >= 15 is 0 Å². The van der Waals surface area contributed by atoms with Crippen molar-refractivity contribution in [2.45, 2.75) is 17.6 Å². The van der Waals surface area contributed by atoms with E-state index in [1.54, 1.807) is 36.7 Å². The van der Waals surface area contributed by atoms with Gasteiger partial charge in [0.25, 0.3) is 5.91 Å². The van der Waals surface area contributed by atoms with Crippen LogP contribution in [0.15, 0.2) is 83.3 Å². The number of pyridine rings is 1. The van der Waals surface area contributed by atoms with Crippen molar-refractivity contribution in [1.29, 1.82) is 0 Å². The van der Waals surface area contributed by atoms with Gasteiger partial charge in [-0.3, -0.25) is 9.78 Å². The Morgan fingerprint density at radius 2 is 1.60 bits per heavy atom. The topological polar surface area (TPSA) is 76.3 Å². The van der Waals surface area contributed by atoms with Crippen LogP contribution >= 0.6 is 11.8 Å². The second-order valence-electron chi connectivity index (χ2n) is 7.95. The van der Waals surface area contributed by atoms with Gasteiger partial charge in [0, 0.05) is 31.4 Å². The third-order valence-corrected chi connectivity index (χ3v) is 6.70. The van der Waals surface area contributed by atoms with E-state index in [4.69, 9.17) is 0 Å². The van der Waals surface area contributed by atoms with Gasteiger partial charge in [-0.05, 0) is 47.5 Å². The van der Waals surface area contributed by atoms with Crippen molar-refractivity contribution in [1.82, 2.24) is 24.8 Å². The van der Waals surface area contributed by atoms with Gasteiger partial charge in [-0.1, -0.05) is 36.0 Å². The SMILES string of the molecule is Cn1c(SCC(=O)N2N=C(c3ccc(F)cc3)C[C@@H]2c2ccc(F)cc2)nnc1-c1ccncc1. The molecule has 0 spiro atoms. The zero-order chi connectivity index (χ0) is 24.4. The number of hydrazone groups is 1. The summed E-state index contributed by atoms with van der Waals surface area (Å²) in [4.78, 5) is 17.3. The molecular weight excluding hydrogens is 470 g/mol. The highest BCUT2D eigenvalue weighted by Crippen LogP contribution is 2.34. The Morgan fingerprint density at radius 3 is 2.29 bits per heavy atom. The van der Waals surface area contributed by atoms with Crippen LogP contribution in [-0.2, 0) is 11.8 Å². The number of nitrogens with zero attached hydrogens (tertiary/aromatic N) is 6. The largest absolute Gasteiger partial charge is 0.305 e. The number of hydrogen-bond acceptors (Lipinski definition) is 6. The first kappa shape index (κ1) is 22.9. The van der Waals surface area contributed by atoms with Gasteiger partial charge in [0.15, 0.2) is 11.0 Å². The summed E-state index contributed by atoms with van der Waals surface area (Å²) < 4.78 is 28.7. The molecule has 0 aliphatic carbocycles. The molecule has 1 amide bonds. The molecule has 0 bridgehead atoms. The molecule has 4 aromatic rings. The first-order valence-electron chi connectivity index (χ1n) is 10.8. The number of amides is 1. The first-order valence-corrected chi connectivity index (χ1v) is 11.8. The molecule has 176 valence electrons. The van der Waals surface area contributed by atoms with E-state index in [-0.39, 0.29) is 23.3 Å². The van der Waals surface area contributed by atoms with Crippen LogP contribution in [0.5, 0.6) is 0 Å². The Balaban J connectivity index is 1.37. The summed E-state index contributed by atoms with van der Waals surface area (Å²) in [6.07, 6.45) is 3.80. The molecule has 7 nitrogen and oxygen atoms in total. The van der Waals surface area contributed by atoms with Crippen LogP contribution in [0.4, 0.5) is 8.78 Å². The van der Waals surface area contributed by atoms with E-state index in [0.29, 0.717) is 23.1 Å². The van der Waals surface area contributed by atoms with Crippen LogP contribution in [0, 0.1) is 11.6 Å². The maximum Gasteiger partial charge on any atom is 0.253 e. The molecule has 1 aliphatic heterocycles. The van der Waals surface area contributed by atoms with Crippen LogP contribution in [0.1, 0.15) is 23.6 Å². The number of halogens is 2. The lowest BCUT2D eigenvalue weighted by Gasteiger charge is -2.22. The fourth-order valence-corrected chi connectivity index (χ4v) is 4.65. The number of hydrogen-bond donors (Lipinski definition) is 0. The molecule has 1 aliphatic rings. The molecule has 10 heteroatoms. The van der Waals surface area contributed by atoms with Crippen LogP contribution in [0.25, 0.3) is 11.4 Å². The van der Waals surface area contributed by atoms with E-state index in [0.717, 1.165) is 16.7 Å². The molecule has 0 radical (unpaired) electrons. The molecule has 35 heavy (non-hydrogen) atoms. The van der Waals surface area contributed by atoms with Crippen molar-refractivity contribution < 1.29 is 13.6 Å². The third-order valence-electron chi connectivity index (χ3n) is 5.70. The smallest absolute Gasteiger partial charge is 0.253 e. The molecule has 0 fully saturated rings. The normalized spacial score (nSPS) is 15.3. The maximum atomic E-state index is 13.5. The maximum absolute atomic E-state index is 13.5. The standard InChI is InChI=1S/C25H20F2N6OS/c1-32-24(18-10-12-28-13-11-18)29-30-25(32)35-15-23(34)33-22(17-4-8-20(27)9-5-17)14-21(31-33)16-2-6-19(26)7-3-16/h2-13,22H,14-15H2,1H3/t22-/m1/s1. The Bertz CT molecular complexity index is 1370. The highest BCUT2D eigenvalue weighted by molar-refractivity contribution is 7.99. The minimum absolute atomic E-state index is 0.0835. The fourth-order valence-electron chi connectivity index (χ4n) is 3.89. The quantitative estimate of drug-likeness (QED) is 0.369. The predicted octanol–water partition coefficient (Wildman–Crippen LogP) is 4.63. The zero-order valence-corrected chi connectivity index (χ0v) is 19.5. The van der Waals surface area contributed by atoms with E-state index in [1.165, 1.54) is 41.0 Å². The number of benzene rings is 2. The molecule has 0 saturated carbocycles. The van der Waals surface area contributed by atoms with Crippen molar-refractivity contribution in [2.75, 3.05) is 5.75 Å². The average molecular weight is 491 g/mol. The summed E-state index contributed by atoms with van der Waals surface area (Å²) in [5, 5.41) is 15.1. The molecule has 2 aromatic carbocycles. The van der Waals surface area contributed by atoms with Crippen molar-refractivity contribution in [3.63, 3.8) is 0 Å². The average Bonchev–Trinajstić information content (AvgIpc) is 3.48. The molecule has 3 heterocycles. The van der Waals surface area contributed by atoms with Crippen molar-refractivity contribution in [3.05, 3.63) is 95.8 Å². The van der Waals surface area contributed by atoms with Crippen molar-refractivity contribution in [3.8, 4) is 11.4 Å². The second kappa shape index (κ2) is 9.75. The van der Waals surface area contributed by atoms with Crippen LogP contribution < -0.4 is 0 Å². The summed E-state index contributed by atoms with van der Waals surface area (Å²) >= 11 is 1.26. The van der Waals surface area contributed by atoms with E-state index in [2.05, 4.69) is 20.3 Å². The van der Waals surface area contributed by atoms with Gasteiger partial charge in [-0.2, -0.15) is 5.10 Å². The Morgan fingerprint density at radius 1 is 0.943 bits per heavy atom.